The van der Waals surface area contributed by atoms with Crippen LogP contribution in [0.25, 0.3) is 0 Å². The van der Waals surface area contributed by atoms with E-state index < -0.39 is 49.5 Å². The van der Waals surface area contributed by atoms with Crippen molar-refractivity contribution in [1.82, 2.24) is 5.32 Å². The minimum absolute atomic E-state index is 0.193. The molecule has 1 saturated heterocycles. The molecule has 1 aliphatic heterocycles. The van der Waals surface area contributed by atoms with Crippen molar-refractivity contribution in [3.8, 4) is 0 Å². The minimum Gasteiger partial charge on any atom is -0.394 e. The van der Waals surface area contributed by atoms with Crippen molar-refractivity contribution in [3.63, 3.8) is 0 Å². The summed E-state index contributed by atoms with van der Waals surface area (Å²) < 4.78 is 11.2. The number of hydrogen-bond donors (Lipinski definition) is 6. The van der Waals surface area contributed by atoms with Crippen molar-refractivity contribution in [2.24, 2.45) is 0 Å². The van der Waals surface area contributed by atoms with Gasteiger partial charge in [-0.05, 0) is 44.9 Å². The summed E-state index contributed by atoms with van der Waals surface area (Å²) in [7, 11) is 0. The molecular weight excluding hydrogens is 646 g/mol. The van der Waals surface area contributed by atoms with Gasteiger partial charge in [-0.25, -0.2) is 0 Å². The molecule has 1 heterocycles. The van der Waals surface area contributed by atoms with E-state index in [1.807, 2.05) is 6.08 Å². The Hall–Kier alpha value is -1.59. The van der Waals surface area contributed by atoms with E-state index in [2.05, 4.69) is 43.5 Å². The fourth-order valence-corrected chi connectivity index (χ4v) is 6.30. The van der Waals surface area contributed by atoms with Crippen molar-refractivity contribution in [2.45, 2.75) is 211 Å². The molecule has 9 nitrogen and oxygen atoms in total. The molecule has 0 spiro atoms. The fourth-order valence-electron chi connectivity index (χ4n) is 6.30. The number of unbranched alkanes of at least 4 members (excludes halogenated alkanes) is 19. The van der Waals surface area contributed by atoms with Gasteiger partial charge in [0.15, 0.2) is 6.29 Å². The lowest BCUT2D eigenvalue weighted by Crippen LogP contribution is -2.60. The Morgan fingerprint density at radius 2 is 1.12 bits per heavy atom. The zero-order valence-electron chi connectivity index (χ0n) is 32.4. The summed E-state index contributed by atoms with van der Waals surface area (Å²) in [6.07, 6.45) is 31.8. The van der Waals surface area contributed by atoms with E-state index in [9.17, 15) is 30.3 Å². The molecule has 0 aliphatic carbocycles. The van der Waals surface area contributed by atoms with Gasteiger partial charge in [-0.15, -0.1) is 0 Å². The van der Waals surface area contributed by atoms with Crippen LogP contribution in [0.5, 0.6) is 0 Å². The highest BCUT2D eigenvalue weighted by atomic mass is 16.7. The van der Waals surface area contributed by atoms with E-state index in [0.29, 0.717) is 6.42 Å². The quantitative estimate of drug-likeness (QED) is 0.0298. The molecule has 9 heteroatoms. The van der Waals surface area contributed by atoms with Crippen molar-refractivity contribution >= 4 is 5.91 Å². The van der Waals surface area contributed by atoms with E-state index in [0.717, 1.165) is 51.4 Å². The average molecular weight is 724 g/mol. The summed E-state index contributed by atoms with van der Waals surface area (Å²) >= 11 is 0. The van der Waals surface area contributed by atoms with Gasteiger partial charge in [0.05, 0.1) is 25.4 Å². The maximum atomic E-state index is 12.9. The molecule has 7 unspecified atom stereocenters. The lowest BCUT2D eigenvalue weighted by atomic mass is 9.99. The third-order valence-electron chi connectivity index (χ3n) is 9.70. The van der Waals surface area contributed by atoms with Crippen molar-refractivity contribution in [1.29, 1.82) is 0 Å². The summed E-state index contributed by atoms with van der Waals surface area (Å²) in [5, 5.41) is 54.0. The molecule has 298 valence electrons. The Labute approximate surface area is 311 Å². The lowest BCUT2D eigenvalue weighted by molar-refractivity contribution is -0.302. The molecule has 1 amide bonds. The van der Waals surface area contributed by atoms with Crippen LogP contribution >= 0.6 is 0 Å². The molecule has 0 aromatic rings. The highest BCUT2D eigenvalue weighted by Gasteiger charge is 2.44. The second kappa shape index (κ2) is 33.0. The standard InChI is InChI=1S/C42H77NO8/c1-3-5-7-9-11-13-15-17-19-21-23-25-27-29-31-36(45)35(34-50-42-41(49)40(48)39(47)37(33-44)51-42)43-38(46)32-30-28-26-24-22-20-18-16-14-12-10-8-6-4-2/h13,15,21,23,29,31,35-37,39-42,44-45,47-49H,3-12,14,16-20,22,24-28,30,32-34H2,1-2H3,(H,43,46)/b15-13+,23-21+,31-29+. The Balaban J connectivity index is 2.46. The van der Waals surface area contributed by atoms with Crippen molar-refractivity contribution in [2.75, 3.05) is 13.2 Å². The number of nitrogens with one attached hydrogen (secondary N) is 1. The minimum atomic E-state index is -1.57. The van der Waals surface area contributed by atoms with Crippen LogP contribution in [0.2, 0.25) is 0 Å². The first kappa shape index (κ1) is 47.4. The van der Waals surface area contributed by atoms with Crippen molar-refractivity contribution < 1.29 is 39.8 Å². The van der Waals surface area contributed by atoms with E-state index in [1.165, 1.54) is 96.3 Å². The highest BCUT2D eigenvalue weighted by molar-refractivity contribution is 5.76. The Morgan fingerprint density at radius 3 is 1.65 bits per heavy atom. The number of carbonyl (C=O) groups excluding carboxylic acids is 1. The largest absolute Gasteiger partial charge is 0.394 e. The molecule has 0 aromatic carbocycles. The van der Waals surface area contributed by atoms with E-state index in [1.54, 1.807) is 6.08 Å². The summed E-state index contributed by atoms with van der Waals surface area (Å²) in [4.78, 5) is 12.9. The number of amides is 1. The molecule has 0 saturated carbocycles. The molecule has 0 aromatic heterocycles. The zero-order chi connectivity index (χ0) is 37.4. The van der Waals surface area contributed by atoms with Gasteiger partial charge < -0.3 is 40.3 Å². The van der Waals surface area contributed by atoms with Crippen LogP contribution in [0, 0.1) is 0 Å². The van der Waals surface area contributed by atoms with E-state index >= 15 is 0 Å². The van der Waals surface area contributed by atoms with Gasteiger partial charge in [0.1, 0.15) is 24.4 Å². The molecule has 1 aliphatic rings. The normalized spacial score (nSPS) is 22.4. The maximum absolute atomic E-state index is 12.9. The summed E-state index contributed by atoms with van der Waals surface area (Å²) in [5.41, 5.74) is 0. The molecule has 51 heavy (non-hydrogen) atoms. The number of ether oxygens (including phenoxy) is 2. The fraction of sp³-hybridized carbons (Fsp3) is 0.833. The van der Waals surface area contributed by atoms with Crippen LogP contribution in [0.15, 0.2) is 36.5 Å². The van der Waals surface area contributed by atoms with Gasteiger partial charge in [0.2, 0.25) is 5.91 Å². The third-order valence-corrected chi connectivity index (χ3v) is 9.70. The summed E-state index contributed by atoms with van der Waals surface area (Å²) in [6.45, 7) is 3.71. The topological polar surface area (TPSA) is 149 Å². The number of aliphatic hydroxyl groups excluding tert-OH is 5. The maximum Gasteiger partial charge on any atom is 0.220 e. The predicted molar refractivity (Wildman–Crippen MR) is 207 cm³/mol. The molecule has 0 bridgehead atoms. The second-order valence-electron chi connectivity index (χ2n) is 14.4. The van der Waals surface area contributed by atoms with Gasteiger partial charge in [0.25, 0.3) is 0 Å². The van der Waals surface area contributed by atoms with Crippen LogP contribution in [0.1, 0.15) is 168 Å². The highest BCUT2D eigenvalue weighted by Crippen LogP contribution is 2.22. The number of rotatable bonds is 33. The van der Waals surface area contributed by atoms with Gasteiger partial charge in [-0.3, -0.25) is 4.79 Å². The Bertz CT molecular complexity index is 894. The number of aliphatic hydroxyl groups is 5. The number of allylic oxidation sites excluding steroid dienone is 5. The second-order valence-corrected chi connectivity index (χ2v) is 14.4. The van der Waals surface area contributed by atoms with Crippen LogP contribution in [0.3, 0.4) is 0 Å². The summed E-state index contributed by atoms with van der Waals surface area (Å²) in [5.74, 6) is -0.193. The molecule has 1 rings (SSSR count). The third kappa shape index (κ3) is 24.4. The molecule has 0 radical (unpaired) electrons. The molecular formula is C42H77NO8. The average Bonchev–Trinajstić information content (AvgIpc) is 3.13. The molecule has 7 atom stereocenters. The summed E-state index contributed by atoms with van der Waals surface area (Å²) in [6, 6.07) is -0.822. The SMILES string of the molecule is CCCCCC/C=C/CC/C=C/CC/C=C/C(O)C(COC1OC(CO)C(O)C(O)C1O)NC(=O)CCCCCCCCCCCCCCCC. The smallest absolute Gasteiger partial charge is 0.220 e. The van der Waals surface area contributed by atoms with Crippen LogP contribution in [0.4, 0.5) is 0 Å². The van der Waals surface area contributed by atoms with E-state index in [-0.39, 0.29) is 12.5 Å². The number of hydrogen-bond acceptors (Lipinski definition) is 8. The molecule has 1 fully saturated rings. The molecule has 6 N–H and O–H groups in total. The first-order chi connectivity index (χ1) is 24.8. The first-order valence-corrected chi connectivity index (χ1v) is 20.7. The van der Waals surface area contributed by atoms with Crippen LogP contribution in [-0.2, 0) is 14.3 Å². The Kier molecular flexibility index (Phi) is 30.7. The first-order valence-electron chi connectivity index (χ1n) is 20.7. The Morgan fingerprint density at radius 1 is 0.647 bits per heavy atom. The lowest BCUT2D eigenvalue weighted by Gasteiger charge is -2.40. The van der Waals surface area contributed by atoms with Gasteiger partial charge in [-0.1, -0.05) is 153 Å². The van der Waals surface area contributed by atoms with Crippen LogP contribution in [-0.4, -0.2) is 87.5 Å². The van der Waals surface area contributed by atoms with Gasteiger partial charge >= 0.3 is 0 Å². The van der Waals surface area contributed by atoms with Gasteiger partial charge in [-0.2, -0.15) is 0 Å². The van der Waals surface area contributed by atoms with Gasteiger partial charge in [0, 0.05) is 6.42 Å². The van der Waals surface area contributed by atoms with Crippen LogP contribution < -0.4 is 5.32 Å². The van der Waals surface area contributed by atoms with Crippen molar-refractivity contribution in [3.05, 3.63) is 36.5 Å². The zero-order valence-corrected chi connectivity index (χ0v) is 32.4. The monoisotopic (exact) mass is 724 g/mol. The predicted octanol–water partition coefficient (Wildman–Crippen LogP) is 7.72. The number of carbonyl (C=O) groups is 1. The van der Waals surface area contributed by atoms with E-state index in [4.69, 9.17) is 9.47 Å².